The number of nitrogens with two attached hydrogens (primary N) is 1. The lowest BCUT2D eigenvalue weighted by Crippen LogP contribution is -2.42. The Morgan fingerprint density at radius 1 is 1.56 bits per heavy atom. The summed E-state index contributed by atoms with van der Waals surface area (Å²) in [5.74, 6) is 0.764. The topological polar surface area (TPSA) is 60.6 Å². The smallest absolute Gasteiger partial charge is 0.142 e. The third-order valence-electron chi connectivity index (χ3n) is 3.03. The van der Waals surface area contributed by atoms with E-state index in [1.165, 1.54) is 0 Å². The van der Waals surface area contributed by atoms with E-state index in [1.807, 2.05) is 19.1 Å². The fourth-order valence-electron chi connectivity index (χ4n) is 2.03. The second kappa shape index (κ2) is 6.13. The molecule has 5 heteroatoms. The predicted octanol–water partition coefficient (Wildman–Crippen LogP) is 0.558. The Labute approximate surface area is 108 Å². The van der Waals surface area contributed by atoms with Gasteiger partial charge in [0.15, 0.2) is 0 Å². The molecule has 1 fully saturated rings. The second-order valence-corrected chi connectivity index (χ2v) is 4.67. The van der Waals surface area contributed by atoms with Crippen LogP contribution in [0.2, 0.25) is 0 Å². The minimum absolute atomic E-state index is 0.121. The number of morpholine rings is 1. The van der Waals surface area contributed by atoms with Crippen LogP contribution < -0.4 is 10.5 Å². The maximum absolute atomic E-state index is 5.78. The van der Waals surface area contributed by atoms with Crippen LogP contribution in [0.5, 0.6) is 5.75 Å². The van der Waals surface area contributed by atoms with E-state index < -0.39 is 0 Å². The van der Waals surface area contributed by atoms with Gasteiger partial charge in [0.2, 0.25) is 0 Å². The molecule has 1 aliphatic rings. The Balaban J connectivity index is 1.93. The summed E-state index contributed by atoms with van der Waals surface area (Å²) in [6.45, 7) is 5.53. The lowest BCUT2D eigenvalue weighted by atomic mass is 10.2. The molecular formula is C13H21N3O2. The first-order valence-corrected chi connectivity index (χ1v) is 6.28. The van der Waals surface area contributed by atoms with Gasteiger partial charge in [-0.2, -0.15) is 0 Å². The Bertz CT molecular complexity index is 398. The SMILES string of the molecule is Cc1ccc(OCC2CN(C)CCO2)c(CN)n1. The molecular weight excluding hydrogens is 230 g/mol. The quantitative estimate of drug-likeness (QED) is 0.847. The van der Waals surface area contributed by atoms with Crippen LogP contribution in [0.25, 0.3) is 0 Å². The van der Waals surface area contributed by atoms with E-state index in [2.05, 4.69) is 16.9 Å². The zero-order chi connectivity index (χ0) is 13.0. The van der Waals surface area contributed by atoms with Gasteiger partial charge < -0.3 is 20.1 Å². The summed E-state index contributed by atoms with van der Waals surface area (Å²) in [5.41, 5.74) is 7.43. The molecule has 1 aliphatic heterocycles. The van der Waals surface area contributed by atoms with Crippen LogP contribution in [0.15, 0.2) is 12.1 Å². The molecule has 18 heavy (non-hydrogen) atoms. The van der Waals surface area contributed by atoms with Gasteiger partial charge >= 0.3 is 0 Å². The largest absolute Gasteiger partial charge is 0.489 e. The van der Waals surface area contributed by atoms with Gasteiger partial charge in [-0.15, -0.1) is 0 Å². The highest BCUT2D eigenvalue weighted by Crippen LogP contribution is 2.17. The van der Waals surface area contributed by atoms with Gasteiger partial charge in [-0.05, 0) is 26.1 Å². The normalized spacial score (nSPS) is 20.9. The van der Waals surface area contributed by atoms with Gasteiger partial charge in [0.1, 0.15) is 18.5 Å². The Morgan fingerprint density at radius 2 is 2.39 bits per heavy atom. The molecule has 1 aromatic rings. The number of ether oxygens (including phenoxy) is 2. The highest BCUT2D eigenvalue weighted by molar-refractivity contribution is 5.29. The average molecular weight is 251 g/mol. The van der Waals surface area contributed by atoms with Crippen molar-refractivity contribution in [2.24, 2.45) is 5.73 Å². The first kappa shape index (κ1) is 13.3. The van der Waals surface area contributed by atoms with Crippen molar-refractivity contribution in [1.82, 2.24) is 9.88 Å². The van der Waals surface area contributed by atoms with Crippen molar-refractivity contribution in [2.75, 3.05) is 33.4 Å². The van der Waals surface area contributed by atoms with Gasteiger partial charge in [-0.3, -0.25) is 4.98 Å². The molecule has 1 unspecified atom stereocenters. The van der Waals surface area contributed by atoms with Crippen molar-refractivity contribution < 1.29 is 9.47 Å². The molecule has 0 bridgehead atoms. The maximum Gasteiger partial charge on any atom is 0.142 e. The molecule has 0 radical (unpaired) electrons. The molecule has 0 aromatic carbocycles. The standard InChI is InChI=1S/C13H21N3O2/c1-10-3-4-13(12(7-14)15-10)18-9-11-8-16(2)5-6-17-11/h3-4,11H,5-9,14H2,1-2H3. The van der Waals surface area contributed by atoms with Crippen LogP contribution in [0.1, 0.15) is 11.4 Å². The first-order valence-electron chi connectivity index (χ1n) is 6.28. The fraction of sp³-hybridized carbons (Fsp3) is 0.615. The fourth-order valence-corrected chi connectivity index (χ4v) is 2.03. The summed E-state index contributed by atoms with van der Waals surface area (Å²) in [5, 5.41) is 0. The van der Waals surface area contributed by atoms with Crippen LogP contribution in [-0.2, 0) is 11.3 Å². The number of hydrogen-bond donors (Lipinski definition) is 1. The van der Waals surface area contributed by atoms with Crippen molar-refractivity contribution in [3.63, 3.8) is 0 Å². The highest BCUT2D eigenvalue weighted by Gasteiger charge is 2.18. The van der Waals surface area contributed by atoms with E-state index in [-0.39, 0.29) is 6.10 Å². The third-order valence-corrected chi connectivity index (χ3v) is 3.03. The number of rotatable bonds is 4. The highest BCUT2D eigenvalue weighted by atomic mass is 16.5. The number of likely N-dealkylation sites (N-methyl/N-ethyl adjacent to an activating group) is 1. The van der Waals surface area contributed by atoms with Crippen LogP contribution in [-0.4, -0.2) is 49.3 Å². The number of aromatic nitrogens is 1. The molecule has 0 spiro atoms. The van der Waals surface area contributed by atoms with E-state index >= 15 is 0 Å². The van der Waals surface area contributed by atoms with Crippen molar-refractivity contribution >= 4 is 0 Å². The zero-order valence-electron chi connectivity index (χ0n) is 11.1. The molecule has 1 aromatic heterocycles. The molecule has 0 saturated carbocycles. The van der Waals surface area contributed by atoms with Crippen molar-refractivity contribution in [3.8, 4) is 5.75 Å². The third kappa shape index (κ3) is 3.41. The minimum Gasteiger partial charge on any atom is -0.489 e. The maximum atomic E-state index is 5.78. The summed E-state index contributed by atoms with van der Waals surface area (Å²) in [4.78, 5) is 6.61. The molecule has 1 atom stereocenters. The summed E-state index contributed by atoms with van der Waals surface area (Å²) in [6.07, 6.45) is 0.121. The molecule has 2 N–H and O–H groups in total. The minimum atomic E-state index is 0.121. The van der Waals surface area contributed by atoms with E-state index in [4.69, 9.17) is 15.2 Å². The van der Waals surface area contributed by atoms with Crippen molar-refractivity contribution in [2.45, 2.75) is 19.6 Å². The molecule has 5 nitrogen and oxygen atoms in total. The molecule has 0 aliphatic carbocycles. The number of nitrogens with zero attached hydrogens (tertiary/aromatic N) is 2. The van der Waals surface area contributed by atoms with Gasteiger partial charge in [-0.1, -0.05) is 0 Å². The summed E-state index contributed by atoms with van der Waals surface area (Å²) < 4.78 is 11.4. The van der Waals surface area contributed by atoms with Crippen molar-refractivity contribution in [1.29, 1.82) is 0 Å². The predicted molar refractivity (Wildman–Crippen MR) is 69.6 cm³/mol. The average Bonchev–Trinajstić information content (AvgIpc) is 2.37. The Morgan fingerprint density at radius 3 is 3.11 bits per heavy atom. The van der Waals surface area contributed by atoms with E-state index in [0.29, 0.717) is 13.2 Å². The van der Waals surface area contributed by atoms with Gasteiger partial charge in [0.05, 0.1) is 12.3 Å². The van der Waals surface area contributed by atoms with Gasteiger partial charge in [-0.25, -0.2) is 0 Å². The summed E-state index contributed by atoms with van der Waals surface area (Å²) in [7, 11) is 2.09. The molecule has 1 saturated heterocycles. The number of hydrogen-bond acceptors (Lipinski definition) is 5. The Hall–Kier alpha value is -1.17. The van der Waals surface area contributed by atoms with Crippen LogP contribution in [0.3, 0.4) is 0 Å². The summed E-state index contributed by atoms with van der Waals surface area (Å²) in [6, 6.07) is 3.86. The summed E-state index contributed by atoms with van der Waals surface area (Å²) >= 11 is 0. The zero-order valence-corrected chi connectivity index (χ0v) is 11.1. The molecule has 0 amide bonds. The number of pyridine rings is 1. The van der Waals surface area contributed by atoms with E-state index in [1.54, 1.807) is 0 Å². The van der Waals surface area contributed by atoms with Gasteiger partial charge in [0, 0.05) is 25.3 Å². The number of aryl methyl sites for hydroxylation is 1. The first-order chi connectivity index (χ1) is 8.69. The van der Waals surface area contributed by atoms with Gasteiger partial charge in [0.25, 0.3) is 0 Å². The molecule has 100 valence electrons. The van der Waals surface area contributed by atoms with Crippen LogP contribution in [0, 0.1) is 6.92 Å². The Kier molecular flexibility index (Phi) is 4.52. The molecule has 2 heterocycles. The lowest BCUT2D eigenvalue weighted by molar-refractivity contribution is -0.0405. The van der Waals surface area contributed by atoms with Crippen LogP contribution >= 0.6 is 0 Å². The monoisotopic (exact) mass is 251 g/mol. The van der Waals surface area contributed by atoms with E-state index in [9.17, 15) is 0 Å². The second-order valence-electron chi connectivity index (χ2n) is 4.67. The van der Waals surface area contributed by atoms with Crippen molar-refractivity contribution in [3.05, 3.63) is 23.5 Å². The molecule has 2 rings (SSSR count). The van der Waals surface area contributed by atoms with Crippen LogP contribution in [0.4, 0.5) is 0 Å². The van der Waals surface area contributed by atoms with E-state index in [0.717, 1.165) is 36.8 Å². The lowest BCUT2D eigenvalue weighted by Gasteiger charge is -2.30.